The number of allylic oxidation sites excluding steroid dienone is 8. The van der Waals surface area contributed by atoms with Crippen molar-refractivity contribution < 1.29 is 9.90 Å². The first-order chi connectivity index (χ1) is 8.80. The van der Waals surface area contributed by atoms with E-state index in [4.69, 9.17) is 5.11 Å². The number of carboxylic acid groups (broad SMARTS) is 1. The number of azo groups is 1. The molecule has 0 aromatic rings. The highest BCUT2D eigenvalue weighted by molar-refractivity contribution is 5.89. The van der Waals surface area contributed by atoms with Gasteiger partial charge in [0.15, 0.2) is 0 Å². The van der Waals surface area contributed by atoms with E-state index in [2.05, 4.69) is 10.2 Å². The molecule has 18 heavy (non-hydrogen) atoms. The van der Waals surface area contributed by atoms with Gasteiger partial charge in [0.05, 0.1) is 11.8 Å². The Kier molecular flexibility index (Phi) is 6.51. The molecule has 0 aliphatic carbocycles. The van der Waals surface area contributed by atoms with E-state index in [-0.39, 0.29) is 5.57 Å². The summed E-state index contributed by atoms with van der Waals surface area (Å²) in [7, 11) is 0. The molecule has 0 spiro atoms. The van der Waals surface area contributed by atoms with Crippen LogP contribution in [0, 0.1) is 0 Å². The summed E-state index contributed by atoms with van der Waals surface area (Å²) in [5.74, 6) is -1.04. The quantitative estimate of drug-likeness (QED) is 0.764. The van der Waals surface area contributed by atoms with Crippen LogP contribution in [-0.4, -0.2) is 11.1 Å². The van der Waals surface area contributed by atoms with E-state index in [0.717, 1.165) is 6.42 Å². The molecule has 0 unspecified atom stereocenters. The summed E-state index contributed by atoms with van der Waals surface area (Å²) >= 11 is 0. The van der Waals surface area contributed by atoms with E-state index in [0.29, 0.717) is 0 Å². The minimum Gasteiger partial charge on any atom is -0.478 e. The molecule has 0 aromatic heterocycles. The molecule has 0 aromatic carbocycles. The first kappa shape index (κ1) is 13.6. The highest BCUT2D eigenvalue weighted by Crippen LogP contribution is 2.00. The van der Waals surface area contributed by atoms with Gasteiger partial charge in [-0.3, -0.25) is 0 Å². The number of hydrogen-bond acceptors (Lipinski definition) is 3. The minimum atomic E-state index is -1.04. The number of nitrogens with zero attached hydrogens (tertiary/aromatic N) is 2. The monoisotopic (exact) mass is 242 g/mol. The Morgan fingerprint density at radius 1 is 1.00 bits per heavy atom. The zero-order chi connectivity index (χ0) is 13.1. The number of carboxylic acids is 1. The van der Waals surface area contributed by atoms with Gasteiger partial charge in [-0.1, -0.05) is 48.6 Å². The largest absolute Gasteiger partial charge is 0.478 e. The van der Waals surface area contributed by atoms with Crippen LogP contribution in [0.1, 0.15) is 6.42 Å². The number of hydrogen-bond donors (Lipinski definition) is 1. The van der Waals surface area contributed by atoms with Gasteiger partial charge in [0.1, 0.15) is 0 Å². The Bertz CT molecular complexity index is 478. The van der Waals surface area contributed by atoms with Crippen molar-refractivity contribution in [2.45, 2.75) is 6.42 Å². The number of rotatable bonds is 1. The summed E-state index contributed by atoms with van der Waals surface area (Å²) in [6.07, 6.45) is 19.6. The van der Waals surface area contributed by atoms with Gasteiger partial charge in [-0.05, 0) is 12.5 Å². The molecule has 0 atom stereocenters. The van der Waals surface area contributed by atoms with E-state index in [1.54, 1.807) is 12.2 Å². The van der Waals surface area contributed by atoms with Crippen molar-refractivity contribution in [1.82, 2.24) is 0 Å². The summed E-state index contributed by atoms with van der Waals surface area (Å²) in [6, 6.07) is 0. The van der Waals surface area contributed by atoms with E-state index >= 15 is 0 Å². The van der Waals surface area contributed by atoms with Crippen molar-refractivity contribution in [3.8, 4) is 0 Å². The molecule has 0 radical (unpaired) electrons. The van der Waals surface area contributed by atoms with E-state index in [9.17, 15) is 4.79 Å². The predicted octanol–water partition coefficient (Wildman–Crippen LogP) is 3.55. The van der Waals surface area contributed by atoms with E-state index in [1.807, 2.05) is 36.5 Å². The van der Waals surface area contributed by atoms with Crippen molar-refractivity contribution in [2.75, 3.05) is 0 Å². The molecular formula is C14H14N2O2. The van der Waals surface area contributed by atoms with Gasteiger partial charge in [-0.25, -0.2) is 4.79 Å². The van der Waals surface area contributed by atoms with Crippen LogP contribution in [0.5, 0.6) is 0 Å². The molecule has 0 amide bonds. The molecule has 0 bridgehead atoms. The second kappa shape index (κ2) is 8.64. The average Bonchev–Trinajstić information content (AvgIpc) is 2.36. The predicted molar refractivity (Wildman–Crippen MR) is 70.9 cm³/mol. The van der Waals surface area contributed by atoms with Gasteiger partial charge in [-0.15, -0.1) is 0 Å². The molecule has 92 valence electrons. The lowest BCUT2D eigenvalue weighted by Crippen LogP contribution is -1.96. The van der Waals surface area contributed by atoms with Gasteiger partial charge in [0.2, 0.25) is 0 Å². The highest BCUT2D eigenvalue weighted by atomic mass is 16.4. The Hall–Kier alpha value is -2.49. The van der Waals surface area contributed by atoms with Crippen LogP contribution in [0.25, 0.3) is 0 Å². The zero-order valence-corrected chi connectivity index (χ0v) is 9.81. The molecule has 1 rings (SSSR count). The fraction of sp³-hybridized carbons (Fsp3) is 0.0714. The standard InChI is InChI=1S/C14H14N2O2/c17-14(18)13-10-8-6-4-2-1-3-5-7-9-11-15-16-12-13/h1-6,8-12H,7H2,(H,17,18)/b2-1+,5-3+,6-4-,10-8?,11-9+,13-12?,16-15?. The van der Waals surface area contributed by atoms with Crippen LogP contribution in [0.4, 0.5) is 0 Å². The van der Waals surface area contributed by atoms with E-state index in [1.165, 1.54) is 18.5 Å². The maximum absolute atomic E-state index is 10.9. The van der Waals surface area contributed by atoms with Gasteiger partial charge >= 0.3 is 5.97 Å². The summed E-state index contributed by atoms with van der Waals surface area (Å²) < 4.78 is 0. The van der Waals surface area contributed by atoms with Gasteiger partial charge in [0.25, 0.3) is 0 Å². The Balaban J connectivity index is 2.89. The van der Waals surface area contributed by atoms with Crippen molar-refractivity contribution in [2.24, 2.45) is 10.2 Å². The van der Waals surface area contributed by atoms with Crippen LogP contribution in [0.15, 0.2) is 82.9 Å². The minimum absolute atomic E-state index is 0.0776. The number of carbonyl (C=O) groups is 1. The lowest BCUT2D eigenvalue weighted by molar-refractivity contribution is -0.132. The highest BCUT2D eigenvalue weighted by Gasteiger charge is 2.00. The second-order valence-electron chi connectivity index (χ2n) is 3.30. The summed E-state index contributed by atoms with van der Waals surface area (Å²) in [5.41, 5.74) is 0.0776. The van der Waals surface area contributed by atoms with Crippen molar-refractivity contribution in [3.63, 3.8) is 0 Å². The van der Waals surface area contributed by atoms with Crippen LogP contribution < -0.4 is 0 Å². The molecule has 0 fully saturated rings. The molecule has 1 heterocycles. The van der Waals surface area contributed by atoms with Crippen molar-refractivity contribution in [3.05, 3.63) is 72.7 Å². The van der Waals surface area contributed by atoms with Gasteiger partial charge in [0, 0.05) is 6.20 Å². The topological polar surface area (TPSA) is 62.0 Å². The first-order valence-electron chi connectivity index (χ1n) is 5.45. The molecule has 0 saturated heterocycles. The fourth-order valence-electron chi connectivity index (χ4n) is 1.06. The molecule has 1 aliphatic rings. The zero-order valence-electron chi connectivity index (χ0n) is 9.81. The van der Waals surface area contributed by atoms with Crippen LogP contribution in [0.3, 0.4) is 0 Å². The van der Waals surface area contributed by atoms with Crippen LogP contribution in [0.2, 0.25) is 0 Å². The van der Waals surface area contributed by atoms with E-state index < -0.39 is 5.97 Å². The number of aliphatic carboxylic acids is 1. The van der Waals surface area contributed by atoms with Gasteiger partial charge in [-0.2, -0.15) is 10.2 Å². The summed E-state index contributed by atoms with van der Waals surface area (Å²) in [6.45, 7) is 0. The van der Waals surface area contributed by atoms with Crippen molar-refractivity contribution in [1.29, 1.82) is 0 Å². The molecular weight excluding hydrogens is 228 g/mol. The summed E-state index contributed by atoms with van der Waals surface area (Å²) in [4.78, 5) is 10.9. The SMILES string of the molecule is O=C(O)C1=CN=N/C=C/C/C=C/C=C/C=C\C=C1. The Morgan fingerprint density at radius 3 is 2.50 bits per heavy atom. The third kappa shape index (κ3) is 6.17. The van der Waals surface area contributed by atoms with Crippen LogP contribution in [-0.2, 0) is 4.79 Å². The molecule has 1 aliphatic heterocycles. The Morgan fingerprint density at radius 2 is 1.72 bits per heavy atom. The normalized spacial score (nSPS) is 23.2. The molecule has 4 nitrogen and oxygen atoms in total. The van der Waals surface area contributed by atoms with Crippen molar-refractivity contribution >= 4 is 5.97 Å². The smallest absolute Gasteiger partial charge is 0.337 e. The summed E-state index contributed by atoms with van der Waals surface area (Å²) in [5, 5.41) is 16.3. The molecule has 4 heteroatoms. The fourth-order valence-corrected chi connectivity index (χ4v) is 1.06. The Labute approximate surface area is 106 Å². The first-order valence-corrected chi connectivity index (χ1v) is 5.45. The maximum Gasteiger partial charge on any atom is 0.337 e. The third-order valence-corrected chi connectivity index (χ3v) is 1.92. The lowest BCUT2D eigenvalue weighted by atomic mass is 10.2. The van der Waals surface area contributed by atoms with Gasteiger partial charge < -0.3 is 5.11 Å². The molecule has 0 saturated carbocycles. The lowest BCUT2D eigenvalue weighted by Gasteiger charge is -1.89. The average molecular weight is 242 g/mol. The maximum atomic E-state index is 10.9. The third-order valence-electron chi connectivity index (χ3n) is 1.92. The second-order valence-corrected chi connectivity index (χ2v) is 3.30. The van der Waals surface area contributed by atoms with Crippen LogP contribution >= 0.6 is 0 Å². The molecule has 1 N–H and O–H groups in total.